The second-order valence-electron chi connectivity index (χ2n) is 9.70. The lowest BCUT2D eigenvalue weighted by atomic mass is 9.78. The molecule has 1 N–H and O–H groups in total. The highest BCUT2D eigenvalue weighted by Crippen LogP contribution is 2.42. The predicted molar refractivity (Wildman–Crippen MR) is 153 cm³/mol. The van der Waals surface area contributed by atoms with Crippen molar-refractivity contribution >= 4 is 27.6 Å². The van der Waals surface area contributed by atoms with E-state index in [0.717, 1.165) is 35.2 Å². The van der Waals surface area contributed by atoms with Crippen LogP contribution in [0.3, 0.4) is 0 Å². The van der Waals surface area contributed by atoms with Crippen LogP contribution in [0.25, 0.3) is 11.3 Å². The summed E-state index contributed by atoms with van der Waals surface area (Å²) in [5.74, 6) is 0.929. The van der Waals surface area contributed by atoms with Gasteiger partial charge >= 0.3 is 0 Å². The van der Waals surface area contributed by atoms with Gasteiger partial charge in [0.1, 0.15) is 0 Å². The molecule has 36 heavy (non-hydrogen) atoms. The molecular formula is C31H33BrN4. The van der Waals surface area contributed by atoms with Crippen molar-refractivity contribution in [1.82, 2.24) is 14.9 Å². The van der Waals surface area contributed by atoms with Gasteiger partial charge in [-0.05, 0) is 79.4 Å². The SMILES string of the molecule is CCCCN(C)CCc1ccc(Nc2ncc3c(n2)-c2ccccc2[C@H](c2cccc(Br)c2)C3)cc1. The zero-order valence-corrected chi connectivity index (χ0v) is 22.6. The number of aromatic nitrogens is 2. The number of anilines is 2. The molecule has 0 saturated carbocycles. The molecule has 4 nitrogen and oxygen atoms in total. The van der Waals surface area contributed by atoms with Crippen molar-refractivity contribution in [3.8, 4) is 11.3 Å². The van der Waals surface area contributed by atoms with E-state index in [0.29, 0.717) is 11.9 Å². The summed E-state index contributed by atoms with van der Waals surface area (Å²) >= 11 is 3.63. The van der Waals surface area contributed by atoms with E-state index in [1.54, 1.807) is 0 Å². The third-order valence-electron chi connectivity index (χ3n) is 7.02. The summed E-state index contributed by atoms with van der Waals surface area (Å²) in [7, 11) is 2.21. The Kier molecular flexibility index (Phi) is 7.78. The Hall–Kier alpha value is -3.02. The van der Waals surface area contributed by atoms with Crippen molar-refractivity contribution in [1.29, 1.82) is 0 Å². The summed E-state index contributed by atoms with van der Waals surface area (Å²) in [6.45, 7) is 4.49. The number of nitrogens with one attached hydrogen (secondary N) is 1. The summed E-state index contributed by atoms with van der Waals surface area (Å²) in [5, 5.41) is 3.42. The maximum Gasteiger partial charge on any atom is 0.227 e. The van der Waals surface area contributed by atoms with Crippen molar-refractivity contribution < 1.29 is 0 Å². The van der Waals surface area contributed by atoms with Gasteiger partial charge in [0.15, 0.2) is 0 Å². The van der Waals surface area contributed by atoms with E-state index < -0.39 is 0 Å². The lowest BCUT2D eigenvalue weighted by Gasteiger charge is -2.27. The van der Waals surface area contributed by atoms with E-state index in [-0.39, 0.29) is 0 Å². The van der Waals surface area contributed by atoms with Crippen LogP contribution in [0.15, 0.2) is 83.5 Å². The highest BCUT2D eigenvalue weighted by molar-refractivity contribution is 9.10. The van der Waals surface area contributed by atoms with Gasteiger partial charge in [0.25, 0.3) is 0 Å². The first-order valence-electron chi connectivity index (χ1n) is 12.9. The third kappa shape index (κ3) is 5.69. The Morgan fingerprint density at radius 1 is 1.00 bits per heavy atom. The minimum atomic E-state index is 0.294. The molecule has 1 atom stereocenters. The average Bonchev–Trinajstić information content (AvgIpc) is 2.91. The number of hydrogen-bond acceptors (Lipinski definition) is 4. The molecule has 1 aromatic heterocycles. The molecule has 5 rings (SSSR count). The van der Waals surface area contributed by atoms with E-state index >= 15 is 0 Å². The molecular weight excluding hydrogens is 508 g/mol. The van der Waals surface area contributed by atoms with Crippen LogP contribution in [0, 0.1) is 0 Å². The van der Waals surface area contributed by atoms with E-state index in [2.05, 4.69) is 118 Å². The van der Waals surface area contributed by atoms with Gasteiger partial charge in [-0.1, -0.05) is 77.8 Å². The fourth-order valence-electron chi connectivity index (χ4n) is 4.96. The first kappa shape index (κ1) is 24.7. The molecule has 0 aliphatic heterocycles. The summed E-state index contributed by atoms with van der Waals surface area (Å²) < 4.78 is 1.11. The van der Waals surface area contributed by atoms with Crippen molar-refractivity contribution in [3.63, 3.8) is 0 Å². The van der Waals surface area contributed by atoms with Crippen LogP contribution in [-0.4, -0.2) is 35.0 Å². The third-order valence-corrected chi connectivity index (χ3v) is 7.51. The van der Waals surface area contributed by atoms with E-state index in [1.165, 1.54) is 47.2 Å². The highest BCUT2D eigenvalue weighted by atomic mass is 79.9. The Labute approximate surface area is 222 Å². The molecule has 0 bridgehead atoms. The fraction of sp³-hybridized carbons (Fsp3) is 0.290. The number of benzene rings is 3. The molecule has 1 heterocycles. The molecule has 0 fully saturated rings. The van der Waals surface area contributed by atoms with E-state index in [1.807, 2.05) is 6.20 Å². The molecule has 1 aliphatic carbocycles. The number of rotatable bonds is 9. The van der Waals surface area contributed by atoms with Crippen LogP contribution in [0.1, 0.15) is 47.9 Å². The van der Waals surface area contributed by atoms with Gasteiger partial charge in [0, 0.05) is 34.4 Å². The molecule has 184 valence electrons. The molecule has 4 aromatic rings. The predicted octanol–water partition coefficient (Wildman–Crippen LogP) is 7.61. The van der Waals surface area contributed by atoms with Gasteiger partial charge < -0.3 is 10.2 Å². The summed E-state index contributed by atoms with van der Waals surface area (Å²) in [6.07, 6.45) is 6.45. The van der Waals surface area contributed by atoms with Crippen LogP contribution < -0.4 is 5.32 Å². The van der Waals surface area contributed by atoms with Crippen molar-refractivity contribution in [3.05, 3.63) is 106 Å². The second kappa shape index (κ2) is 11.4. The zero-order chi connectivity index (χ0) is 24.9. The average molecular weight is 542 g/mol. The normalized spacial score (nSPS) is 14.4. The Morgan fingerprint density at radius 2 is 1.83 bits per heavy atom. The van der Waals surface area contributed by atoms with Gasteiger partial charge in [0.05, 0.1) is 5.69 Å². The van der Waals surface area contributed by atoms with Crippen LogP contribution in [0.5, 0.6) is 0 Å². The first-order valence-corrected chi connectivity index (χ1v) is 13.6. The molecule has 0 spiro atoms. The van der Waals surface area contributed by atoms with Crippen LogP contribution in [-0.2, 0) is 12.8 Å². The smallest absolute Gasteiger partial charge is 0.227 e. The summed E-state index contributed by atoms with van der Waals surface area (Å²) in [4.78, 5) is 12.1. The van der Waals surface area contributed by atoms with Crippen LogP contribution >= 0.6 is 15.9 Å². The monoisotopic (exact) mass is 540 g/mol. The van der Waals surface area contributed by atoms with Crippen LogP contribution in [0.2, 0.25) is 0 Å². The molecule has 3 aromatic carbocycles. The number of halogens is 1. The maximum atomic E-state index is 4.97. The Morgan fingerprint density at radius 3 is 2.64 bits per heavy atom. The summed E-state index contributed by atoms with van der Waals surface area (Å²) in [6, 6.07) is 25.9. The van der Waals surface area contributed by atoms with Gasteiger partial charge in [-0.2, -0.15) is 0 Å². The topological polar surface area (TPSA) is 41.0 Å². The van der Waals surface area contributed by atoms with E-state index in [9.17, 15) is 0 Å². The van der Waals surface area contributed by atoms with Gasteiger partial charge in [-0.15, -0.1) is 0 Å². The minimum absolute atomic E-state index is 0.294. The molecule has 0 saturated heterocycles. The fourth-order valence-corrected chi connectivity index (χ4v) is 5.38. The largest absolute Gasteiger partial charge is 0.324 e. The lowest BCUT2D eigenvalue weighted by molar-refractivity contribution is 0.332. The van der Waals surface area contributed by atoms with Gasteiger partial charge in [-0.25, -0.2) is 9.97 Å². The van der Waals surface area contributed by atoms with E-state index in [4.69, 9.17) is 4.98 Å². The number of likely N-dealkylation sites (N-methyl/N-ethyl adjacent to an activating group) is 1. The number of unbranched alkanes of at least 4 members (excludes halogenated alkanes) is 1. The molecule has 1 aliphatic rings. The van der Waals surface area contributed by atoms with Crippen molar-refractivity contribution in [2.45, 2.75) is 38.5 Å². The molecule has 0 unspecified atom stereocenters. The standard InChI is InChI=1S/C31H33BrN4/c1-3-4-17-36(2)18-16-22-12-14-26(15-13-22)34-31-33-21-24-20-29(23-8-7-9-25(32)19-23)27-10-5-6-11-28(27)30(24)35-31/h5-15,19,21,29H,3-4,16-18,20H2,1-2H3,(H,33,34,35)/t29-/m0/s1. The van der Waals surface area contributed by atoms with Crippen molar-refractivity contribution in [2.75, 3.05) is 25.5 Å². The number of hydrogen-bond donors (Lipinski definition) is 1. The maximum absolute atomic E-state index is 4.97. The highest BCUT2D eigenvalue weighted by Gasteiger charge is 2.27. The van der Waals surface area contributed by atoms with Gasteiger partial charge in [-0.3, -0.25) is 0 Å². The Bertz CT molecular complexity index is 1320. The molecule has 5 heteroatoms. The number of fused-ring (bicyclic) bond motifs is 3. The number of nitrogens with zero attached hydrogens (tertiary/aromatic N) is 3. The second-order valence-corrected chi connectivity index (χ2v) is 10.6. The first-order chi connectivity index (χ1) is 17.6. The summed E-state index contributed by atoms with van der Waals surface area (Å²) in [5.41, 5.74) is 8.39. The lowest BCUT2D eigenvalue weighted by Crippen LogP contribution is -2.22. The quantitative estimate of drug-likeness (QED) is 0.237. The minimum Gasteiger partial charge on any atom is -0.324 e. The molecule has 0 radical (unpaired) electrons. The van der Waals surface area contributed by atoms with Crippen LogP contribution in [0.4, 0.5) is 11.6 Å². The van der Waals surface area contributed by atoms with Gasteiger partial charge in [0.2, 0.25) is 5.95 Å². The Balaban J connectivity index is 1.32. The zero-order valence-electron chi connectivity index (χ0n) is 21.0. The molecule has 0 amide bonds. The van der Waals surface area contributed by atoms with Crippen molar-refractivity contribution in [2.24, 2.45) is 0 Å².